The van der Waals surface area contributed by atoms with Gasteiger partial charge < -0.3 is 15.1 Å². The van der Waals surface area contributed by atoms with Crippen LogP contribution < -0.4 is 5.32 Å². The average Bonchev–Trinajstić information content (AvgIpc) is 2.78. The summed E-state index contributed by atoms with van der Waals surface area (Å²) in [6.07, 6.45) is 3.05. The fourth-order valence-electron chi connectivity index (χ4n) is 3.50. The zero-order chi connectivity index (χ0) is 21.0. The van der Waals surface area contributed by atoms with Crippen molar-refractivity contribution in [2.75, 3.05) is 5.32 Å². The Morgan fingerprint density at radius 1 is 0.733 bits per heavy atom. The molecule has 3 N–H and O–H groups in total. The smallest absolute Gasteiger partial charge is 0.352 e. The Balaban J connectivity index is 1.89. The molecule has 0 aliphatic heterocycles. The van der Waals surface area contributed by atoms with Crippen LogP contribution in [0.3, 0.4) is 0 Å². The van der Waals surface area contributed by atoms with Gasteiger partial charge in [-0.15, -0.1) is 0 Å². The van der Waals surface area contributed by atoms with Crippen LogP contribution in [0.2, 0.25) is 0 Å². The third kappa shape index (κ3) is 4.34. The summed E-state index contributed by atoms with van der Waals surface area (Å²) in [5.41, 5.74) is 4.97. The van der Waals surface area contributed by atoms with E-state index in [0.29, 0.717) is 11.3 Å². The number of nitrogens with one attached hydrogen (secondary N) is 1. The Labute approximate surface area is 175 Å². The third-order valence-corrected chi connectivity index (χ3v) is 5.96. The van der Waals surface area contributed by atoms with Gasteiger partial charge in [-0.05, 0) is 40.5 Å². The van der Waals surface area contributed by atoms with Crippen LogP contribution in [0, 0.1) is 0 Å². The van der Waals surface area contributed by atoms with Crippen molar-refractivity contribution >= 4 is 13.3 Å². The monoisotopic (exact) mass is 416 g/mol. The van der Waals surface area contributed by atoms with Gasteiger partial charge in [0.05, 0.1) is 0 Å². The van der Waals surface area contributed by atoms with E-state index < -0.39 is 13.4 Å². The summed E-state index contributed by atoms with van der Waals surface area (Å²) in [6, 6.07) is 28.7. The predicted molar refractivity (Wildman–Crippen MR) is 120 cm³/mol. The summed E-state index contributed by atoms with van der Waals surface area (Å²) in [7, 11) is -4.50. The summed E-state index contributed by atoms with van der Waals surface area (Å²) in [6.45, 7) is 0. The Hall–Kier alpha value is -3.24. The molecule has 4 rings (SSSR count). The molecule has 0 fully saturated rings. The highest BCUT2D eigenvalue weighted by Crippen LogP contribution is 2.52. The average molecular weight is 416 g/mol. The number of nitrogens with zero attached hydrogens (tertiary/aromatic N) is 1. The van der Waals surface area contributed by atoms with Crippen LogP contribution in [0.15, 0.2) is 103 Å². The Bertz CT molecular complexity index is 1160. The molecule has 4 aromatic rings. The molecule has 1 unspecified atom stereocenters. The predicted octanol–water partition coefficient (Wildman–Crippen LogP) is 5.70. The van der Waals surface area contributed by atoms with Crippen LogP contribution in [0.25, 0.3) is 22.3 Å². The van der Waals surface area contributed by atoms with Crippen LogP contribution >= 0.6 is 7.60 Å². The first-order valence-corrected chi connectivity index (χ1v) is 11.2. The number of anilines is 1. The van der Waals surface area contributed by atoms with Gasteiger partial charge in [0.2, 0.25) is 0 Å². The molecule has 30 heavy (non-hydrogen) atoms. The van der Waals surface area contributed by atoms with Crippen LogP contribution in [0.5, 0.6) is 0 Å². The fraction of sp³-hybridized carbons (Fsp3) is 0.0417. The van der Waals surface area contributed by atoms with Crippen molar-refractivity contribution in [3.8, 4) is 22.3 Å². The topological polar surface area (TPSA) is 82.5 Å². The number of hydrogen-bond acceptors (Lipinski definition) is 3. The first-order chi connectivity index (χ1) is 14.5. The van der Waals surface area contributed by atoms with E-state index in [1.54, 1.807) is 12.1 Å². The second kappa shape index (κ2) is 8.64. The molecular weight excluding hydrogens is 395 g/mol. The molecule has 0 radical (unpaired) electrons. The molecule has 150 valence electrons. The number of benzene rings is 3. The largest absolute Gasteiger partial charge is 0.367 e. The summed E-state index contributed by atoms with van der Waals surface area (Å²) in [5, 5.41) is 3.12. The molecule has 0 saturated heterocycles. The van der Waals surface area contributed by atoms with Crippen LogP contribution in [-0.2, 0) is 4.57 Å². The maximum Gasteiger partial charge on any atom is 0.352 e. The van der Waals surface area contributed by atoms with Gasteiger partial charge in [0.25, 0.3) is 0 Å². The molecule has 0 aliphatic rings. The van der Waals surface area contributed by atoms with Gasteiger partial charge in [-0.25, -0.2) is 0 Å². The number of pyridine rings is 1. The second-order valence-corrected chi connectivity index (χ2v) is 8.57. The molecular formula is C24H21N2O3P. The van der Waals surface area contributed by atoms with Gasteiger partial charge in [-0.3, -0.25) is 9.55 Å². The zero-order valence-electron chi connectivity index (χ0n) is 16.1. The summed E-state index contributed by atoms with van der Waals surface area (Å²) in [4.78, 5) is 24.1. The van der Waals surface area contributed by atoms with Crippen molar-refractivity contribution in [2.24, 2.45) is 0 Å². The van der Waals surface area contributed by atoms with E-state index in [4.69, 9.17) is 0 Å². The summed E-state index contributed by atoms with van der Waals surface area (Å²) in [5.74, 6) is -1.19. The van der Waals surface area contributed by atoms with E-state index in [9.17, 15) is 14.4 Å². The molecule has 1 atom stereocenters. The van der Waals surface area contributed by atoms with Crippen LogP contribution in [-0.4, -0.2) is 14.8 Å². The molecule has 1 heterocycles. The second-order valence-electron chi connectivity index (χ2n) is 6.88. The SMILES string of the molecule is O=P(O)(O)C(Nc1cccc(-c2ccccc2)c1-c1ccccc1)c1ccncc1. The molecule has 1 aromatic heterocycles. The quantitative estimate of drug-likeness (QED) is 0.351. The van der Waals surface area contributed by atoms with Crippen LogP contribution in [0.4, 0.5) is 5.69 Å². The standard InChI is InChI=1S/C24H21N2O3P/c27-30(28,29)24(20-14-16-25-17-15-20)26-22-13-7-12-21(18-8-3-1-4-9-18)23(22)19-10-5-2-6-11-19/h1-17,24,26H,(H2,27,28,29). The van der Waals surface area contributed by atoms with Crippen molar-refractivity contribution in [1.29, 1.82) is 0 Å². The van der Waals surface area contributed by atoms with E-state index in [-0.39, 0.29) is 0 Å². The van der Waals surface area contributed by atoms with Gasteiger partial charge in [-0.1, -0.05) is 72.8 Å². The molecule has 0 aliphatic carbocycles. The lowest BCUT2D eigenvalue weighted by Crippen LogP contribution is -2.12. The highest BCUT2D eigenvalue weighted by Gasteiger charge is 2.31. The van der Waals surface area contributed by atoms with Gasteiger partial charge in [-0.2, -0.15) is 0 Å². The Kier molecular flexibility index (Phi) is 5.77. The van der Waals surface area contributed by atoms with Crippen LogP contribution in [0.1, 0.15) is 11.3 Å². The minimum atomic E-state index is -4.50. The van der Waals surface area contributed by atoms with Crippen molar-refractivity contribution in [1.82, 2.24) is 4.98 Å². The van der Waals surface area contributed by atoms with Crippen molar-refractivity contribution in [3.63, 3.8) is 0 Å². The van der Waals surface area contributed by atoms with Gasteiger partial charge in [0.1, 0.15) is 0 Å². The number of hydrogen-bond donors (Lipinski definition) is 3. The van der Waals surface area contributed by atoms with E-state index in [2.05, 4.69) is 10.3 Å². The first kappa shape index (κ1) is 20.0. The molecule has 5 nitrogen and oxygen atoms in total. The van der Waals surface area contributed by atoms with E-state index in [1.165, 1.54) is 12.4 Å². The first-order valence-electron chi connectivity index (χ1n) is 9.49. The lowest BCUT2D eigenvalue weighted by Gasteiger charge is -2.24. The van der Waals surface area contributed by atoms with Crippen molar-refractivity contribution in [2.45, 2.75) is 5.78 Å². The minimum Gasteiger partial charge on any atom is -0.367 e. The normalized spacial score (nSPS) is 12.3. The molecule has 0 spiro atoms. The van der Waals surface area contributed by atoms with E-state index >= 15 is 0 Å². The number of rotatable bonds is 6. The lowest BCUT2D eigenvalue weighted by atomic mass is 9.93. The summed E-state index contributed by atoms with van der Waals surface area (Å²) >= 11 is 0. The maximum absolute atomic E-state index is 12.4. The van der Waals surface area contributed by atoms with E-state index in [1.807, 2.05) is 78.9 Å². The Morgan fingerprint density at radius 3 is 1.93 bits per heavy atom. The maximum atomic E-state index is 12.4. The third-order valence-electron chi connectivity index (χ3n) is 4.86. The molecule has 6 heteroatoms. The van der Waals surface area contributed by atoms with Gasteiger partial charge >= 0.3 is 7.60 Å². The highest BCUT2D eigenvalue weighted by atomic mass is 31.2. The minimum absolute atomic E-state index is 0.474. The molecule has 0 amide bonds. The summed E-state index contributed by atoms with van der Waals surface area (Å²) < 4.78 is 12.4. The van der Waals surface area contributed by atoms with Gasteiger partial charge in [0.15, 0.2) is 5.78 Å². The fourth-order valence-corrected chi connectivity index (χ4v) is 4.37. The number of aromatic nitrogens is 1. The van der Waals surface area contributed by atoms with E-state index in [0.717, 1.165) is 22.3 Å². The molecule has 0 bridgehead atoms. The van der Waals surface area contributed by atoms with Crippen molar-refractivity contribution < 1.29 is 14.4 Å². The Morgan fingerprint density at radius 2 is 1.33 bits per heavy atom. The molecule has 0 saturated carbocycles. The zero-order valence-corrected chi connectivity index (χ0v) is 17.0. The highest BCUT2D eigenvalue weighted by molar-refractivity contribution is 7.52. The lowest BCUT2D eigenvalue weighted by molar-refractivity contribution is 0.363. The van der Waals surface area contributed by atoms with Gasteiger partial charge in [0, 0.05) is 23.6 Å². The van der Waals surface area contributed by atoms with Crippen molar-refractivity contribution in [3.05, 3.63) is 109 Å². The molecule has 3 aromatic carbocycles.